The molecule has 8 heteroatoms. The molecule has 0 amide bonds. The van der Waals surface area contributed by atoms with E-state index >= 15 is 0 Å². The summed E-state index contributed by atoms with van der Waals surface area (Å²) in [4.78, 5) is 10.7. The van der Waals surface area contributed by atoms with Gasteiger partial charge in [0.15, 0.2) is 23.3 Å². The van der Waals surface area contributed by atoms with Gasteiger partial charge in [-0.05, 0) is 0 Å². The van der Waals surface area contributed by atoms with Crippen LogP contribution in [0.3, 0.4) is 0 Å². The summed E-state index contributed by atoms with van der Waals surface area (Å²) < 4.78 is 68.7. The number of esters is 1. The number of hydrogen-bond donors (Lipinski definition) is 1. The molecule has 0 aliphatic carbocycles. The third-order valence-corrected chi connectivity index (χ3v) is 2.07. The fourth-order valence-corrected chi connectivity index (χ4v) is 1.15. The van der Waals surface area contributed by atoms with Gasteiger partial charge in [0.1, 0.15) is 5.69 Å². The van der Waals surface area contributed by atoms with Crippen molar-refractivity contribution in [2.24, 2.45) is 0 Å². The summed E-state index contributed by atoms with van der Waals surface area (Å²) in [5, 5.41) is 1.96. The Balaban J connectivity index is 2.93. The van der Waals surface area contributed by atoms with Crippen LogP contribution in [-0.4, -0.2) is 19.6 Å². The van der Waals surface area contributed by atoms with Crippen molar-refractivity contribution in [3.63, 3.8) is 0 Å². The predicted octanol–water partition coefficient (Wildman–Crippen LogP) is 2.36. The Hall–Kier alpha value is -1.86. The van der Waals surface area contributed by atoms with E-state index in [1.54, 1.807) is 0 Å². The number of methoxy groups -OCH3 is 1. The van der Waals surface area contributed by atoms with Crippen molar-refractivity contribution >= 4 is 11.7 Å². The molecule has 1 aromatic rings. The van der Waals surface area contributed by atoms with E-state index in [9.17, 15) is 26.7 Å². The second-order valence-corrected chi connectivity index (χ2v) is 3.20. The SMILES string of the molecule is COC(=O)CCNc1c(F)c(F)c(F)c(F)c1F. The van der Waals surface area contributed by atoms with Gasteiger partial charge in [0.05, 0.1) is 13.5 Å². The van der Waals surface area contributed by atoms with Crippen LogP contribution >= 0.6 is 0 Å². The summed E-state index contributed by atoms with van der Waals surface area (Å²) in [6.45, 7) is -0.328. The molecule has 0 radical (unpaired) electrons. The highest BCUT2D eigenvalue weighted by Crippen LogP contribution is 2.26. The first-order chi connectivity index (χ1) is 8.40. The number of carbonyl (C=O) groups excluding carboxylic acids is 1. The third kappa shape index (κ3) is 2.69. The van der Waals surface area contributed by atoms with E-state index in [2.05, 4.69) is 4.74 Å². The first-order valence-corrected chi connectivity index (χ1v) is 4.72. The predicted molar refractivity (Wildman–Crippen MR) is 51.4 cm³/mol. The Morgan fingerprint density at radius 2 is 1.44 bits per heavy atom. The Labute approximate surface area is 98.5 Å². The van der Waals surface area contributed by atoms with E-state index in [1.165, 1.54) is 0 Å². The van der Waals surface area contributed by atoms with Crippen LogP contribution in [-0.2, 0) is 9.53 Å². The summed E-state index contributed by atoms with van der Waals surface area (Å²) in [7, 11) is 1.10. The van der Waals surface area contributed by atoms with Gasteiger partial charge in [-0.25, -0.2) is 22.0 Å². The first-order valence-electron chi connectivity index (χ1n) is 4.72. The molecule has 0 heterocycles. The van der Waals surface area contributed by atoms with E-state index in [-0.39, 0.29) is 13.0 Å². The second-order valence-electron chi connectivity index (χ2n) is 3.20. The molecule has 0 saturated carbocycles. The van der Waals surface area contributed by atoms with Gasteiger partial charge in [-0.1, -0.05) is 0 Å². The lowest BCUT2D eigenvalue weighted by Crippen LogP contribution is -2.14. The van der Waals surface area contributed by atoms with Crippen molar-refractivity contribution in [1.29, 1.82) is 0 Å². The van der Waals surface area contributed by atoms with E-state index < -0.39 is 40.7 Å². The lowest BCUT2D eigenvalue weighted by molar-refractivity contribution is -0.140. The highest BCUT2D eigenvalue weighted by Gasteiger charge is 2.25. The van der Waals surface area contributed by atoms with E-state index in [4.69, 9.17) is 0 Å². The zero-order valence-corrected chi connectivity index (χ0v) is 9.12. The fraction of sp³-hybridized carbons (Fsp3) is 0.300. The maximum absolute atomic E-state index is 13.1. The van der Waals surface area contributed by atoms with Crippen LogP contribution in [0.25, 0.3) is 0 Å². The van der Waals surface area contributed by atoms with Gasteiger partial charge in [-0.3, -0.25) is 4.79 Å². The van der Waals surface area contributed by atoms with Crippen LogP contribution < -0.4 is 5.32 Å². The van der Waals surface area contributed by atoms with Gasteiger partial charge in [0.2, 0.25) is 5.82 Å². The van der Waals surface area contributed by atoms with E-state index in [0.717, 1.165) is 7.11 Å². The van der Waals surface area contributed by atoms with Crippen LogP contribution in [0.15, 0.2) is 0 Å². The number of benzene rings is 1. The highest BCUT2D eigenvalue weighted by molar-refractivity contribution is 5.69. The molecule has 1 aromatic carbocycles. The standard InChI is InChI=1S/C10H8F5NO2/c1-18-4(17)2-3-16-10-8(14)6(12)5(11)7(13)9(10)15/h16H,2-3H2,1H3. The molecular formula is C10H8F5NO2. The van der Waals surface area contributed by atoms with Gasteiger partial charge in [-0.2, -0.15) is 0 Å². The molecule has 0 saturated heterocycles. The third-order valence-electron chi connectivity index (χ3n) is 2.07. The van der Waals surface area contributed by atoms with Crippen molar-refractivity contribution in [3.05, 3.63) is 29.1 Å². The monoisotopic (exact) mass is 269 g/mol. The largest absolute Gasteiger partial charge is 0.469 e. The van der Waals surface area contributed by atoms with Crippen molar-refractivity contribution in [1.82, 2.24) is 0 Å². The van der Waals surface area contributed by atoms with Crippen molar-refractivity contribution in [2.45, 2.75) is 6.42 Å². The minimum absolute atomic E-state index is 0.282. The number of ether oxygens (including phenoxy) is 1. The molecular weight excluding hydrogens is 261 g/mol. The number of anilines is 1. The molecule has 0 aliphatic heterocycles. The average molecular weight is 269 g/mol. The lowest BCUT2D eigenvalue weighted by Gasteiger charge is -2.10. The van der Waals surface area contributed by atoms with Gasteiger partial charge >= 0.3 is 5.97 Å². The van der Waals surface area contributed by atoms with E-state index in [0.29, 0.717) is 0 Å². The summed E-state index contributed by atoms with van der Waals surface area (Å²) in [6, 6.07) is 0. The number of halogens is 5. The molecule has 0 aromatic heterocycles. The molecule has 0 bridgehead atoms. The maximum atomic E-state index is 13.1. The normalized spacial score (nSPS) is 10.3. The Bertz CT molecular complexity index is 449. The smallest absolute Gasteiger partial charge is 0.307 e. The summed E-state index contributed by atoms with van der Waals surface area (Å²) in [5.74, 6) is -11.0. The molecule has 18 heavy (non-hydrogen) atoms. The Morgan fingerprint density at radius 1 is 1.00 bits per heavy atom. The van der Waals surface area contributed by atoms with Crippen LogP contribution in [0.4, 0.5) is 27.6 Å². The minimum Gasteiger partial charge on any atom is -0.469 e. The molecule has 0 aliphatic rings. The van der Waals surface area contributed by atoms with Crippen LogP contribution in [0, 0.1) is 29.1 Å². The quantitative estimate of drug-likeness (QED) is 0.394. The Morgan fingerprint density at radius 3 is 1.89 bits per heavy atom. The zero-order valence-electron chi connectivity index (χ0n) is 9.12. The maximum Gasteiger partial charge on any atom is 0.307 e. The van der Waals surface area contributed by atoms with Crippen LogP contribution in [0.5, 0.6) is 0 Å². The fourth-order valence-electron chi connectivity index (χ4n) is 1.15. The van der Waals surface area contributed by atoms with Gasteiger partial charge in [0.25, 0.3) is 0 Å². The Kier molecular flexibility index (Phi) is 4.46. The van der Waals surface area contributed by atoms with Crippen molar-refractivity contribution < 1.29 is 31.5 Å². The second kappa shape index (κ2) is 5.65. The van der Waals surface area contributed by atoms with Crippen molar-refractivity contribution in [3.8, 4) is 0 Å². The molecule has 0 spiro atoms. The molecule has 100 valence electrons. The molecule has 0 unspecified atom stereocenters. The minimum atomic E-state index is -2.23. The number of hydrogen-bond acceptors (Lipinski definition) is 3. The molecule has 0 fully saturated rings. The summed E-state index contributed by atoms with van der Waals surface area (Å²) >= 11 is 0. The van der Waals surface area contributed by atoms with Crippen LogP contribution in [0.2, 0.25) is 0 Å². The first kappa shape index (κ1) is 14.2. The van der Waals surface area contributed by atoms with Crippen LogP contribution in [0.1, 0.15) is 6.42 Å². The number of rotatable bonds is 4. The van der Waals surface area contributed by atoms with Gasteiger partial charge in [0, 0.05) is 6.54 Å². The number of carbonyl (C=O) groups is 1. The topological polar surface area (TPSA) is 38.3 Å². The molecule has 0 atom stereocenters. The van der Waals surface area contributed by atoms with Gasteiger partial charge in [-0.15, -0.1) is 0 Å². The molecule has 1 N–H and O–H groups in total. The van der Waals surface area contributed by atoms with Crippen molar-refractivity contribution in [2.75, 3.05) is 19.0 Å². The molecule has 1 rings (SSSR count). The summed E-state index contributed by atoms with van der Waals surface area (Å²) in [6.07, 6.45) is -0.282. The van der Waals surface area contributed by atoms with Gasteiger partial charge < -0.3 is 10.1 Å². The lowest BCUT2D eigenvalue weighted by atomic mass is 10.2. The van der Waals surface area contributed by atoms with E-state index in [1.807, 2.05) is 5.32 Å². The molecule has 3 nitrogen and oxygen atoms in total. The zero-order chi connectivity index (χ0) is 13.9. The average Bonchev–Trinajstić information content (AvgIpc) is 2.37. The highest BCUT2D eigenvalue weighted by atomic mass is 19.2. The number of nitrogens with one attached hydrogen (secondary N) is 1. The summed E-state index contributed by atoms with van der Waals surface area (Å²) in [5.41, 5.74) is -1.17.